The molecule has 0 atom stereocenters. The Morgan fingerprint density at radius 3 is 2.56 bits per heavy atom. The first-order valence-corrected chi connectivity index (χ1v) is 10.3. The average Bonchev–Trinajstić information content (AvgIpc) is 3.37. The normalized spacial score (nSPS) is 11.5. The molecule has 4 aromatic rings. The molecule has 0 spiro atoms. The second kappa shape index (κ2) is 6.43. The smallest absolute Gasteiger partial charge is 0.280 e. The van der Waals surface area contributed by atoms with Gasteiger partial charge in [-0.1, -0.05) is 23.4 Å². The third-order valence-electron chi connectivity index (χ3n) is 3.35. The Bertz CT molecular complexity index is 1060. The van der Waals surface area contributed by atoms with Crippen LogP contribution in [-0.2, 0) is 10.0 Å². The molecule has 0 radical (unpaired) electrons. The average molecular weight is 389 g/mol. The van der Waals surface area contributed by atoms with Gasteiger partial charge in [0.15, 0.2) is 0 Å². The summed E-state index contributed by atoms with van der Waals surface area (Å²) in [5.41, 5.74) is 1.14. The first kappa shape index (κ1) is 16.0. The highest BCUT2D eigenvalue weighted by Gasteiger charge is 2.30. The summed E-state index contributed by atoms with van der Waals surface area (Å²) in [7, 11) is -3.81. The Morgan fingerprint density at radius 2 is 1.88 bits per heavy atom. The lowest BCUT2D eigenvalue weighted by molar-refractivity contribution is 0.422. The maximum atomic E-state index is 13.3. The number of para-hydroxylation sites is 1. The quantitative estimate of drug-likeness (QED) is 0.506. The van der Waals surface area contributed by atoms with Crippen molar-refractivity contribution < 1.29 is 12.9 Å². The van der Waals surface area contributed by atoms with Crippen LogP contribution in [0.15, 0.2) is 75.1 Å². The Labute approximate surface area is 152 Å². The van der Waals surface area contributed by atoms with E-state index in [-0.39, 0.29) is 4.21 Å². The molecule has 0 unspecified atom stereocenters. The van der Waals surface area contributed by atoms with E-state index in [1.54, 1.807) is 54.0 Å². The zero-order chi connectivity index (χ0) is 17.3. The molecule has 126 valence electrons. The summed E-state index contributed by atoms with van der Waals surface area (Å²) in [6, 6.07) is 13.9. The standard InChI is InChI=1S/C16H11N3O3S3/c20-25(21,15-7-6-14(24-15)13-8-10-22-18-13)19(16-17-9-11-23-16)12-4-2-1-3-5-12/h1-11H. The topological polar surface area (TPSA) is 76.3 Å². The number of rotatable bonds is 5. The third-order valence-corrected chi connectivity index (χ3v) is 7.52. The van der Waals surface area contributed by atoms with Crippen molar-refractivity contribution in [2.24, 2.45) is 0 Å². The Hall–Kier alpha value is -2.49. The molecule has 0 saturated carbocycles. The number of hydrogen-bond acceptors (Lipinski definition) is 7. The minimum atomic E-state index is -3.81. The van der Waals surface area contributed by atoms with Crippen LogP contribution < -0.4 is 4.31 Å². The zero-order valence-electron chi connectivity index (χ0n) is 12.6. The number of thiazole rings is 1. The molecule has 3 aromatic heterocycles. The first-order chi connectivity index (χ1) is 12.2. The highest BCUT2D eigenvalue weighted by atomic mass is 32.2. The van der Waals surface area contributed by atoms with Gasteiger partial charge in [0, 0.05) is 17.6 Å². The van der Waals surface area contributed by atoms with Gasteiger partial charge in [-0.2, -0.15) is 8.42 Å². The summed E-state index contributed by atoms with van der Waals surface area (Å²) in [6.07, 6.45) is 3.04. The van der Waals surface area contributed by atoms with Gasteiger partial charge < -0.3 is 4.52 Å². The van der Waals surface area contributed by atoms with E-state index in [4.69, 9.17) is 4.52 Å². The second-order valence-corrected chi connectivity index (χ2v) is 8.89. The minimum Gasteiger partial charge on any atom is -0.364 e. The van der Waals surface area contributed by atoms with Crippen LogP contribution in [0.4, 0.5) is 10.8 Å². The van der Waals surface area contributed by atoms with Gasteiger partial charge in [-0.05, 0) is 24.3 Å². The van der Waals surface area contributed by atoms with Gasteiger partial charge in [0.05, 0.1) is 10.6 Å². The van der Waals surface area contributed by atoms with Crippen LogP contribution in [0.25, 0.3) is 10.6 Å². The molecule has 6 nitrogen and oxygen atoms in total. The summed E-state index contributed by atoms with van der Waals surface area (Å²) < 4.78 is 32.8. The van der Waals surface area contributed by atoms with Crippen molar-refractivity contribution in [3.63, 3.8) is 0 Å². The molecule has 4 rings (SSSR count). The number of benzene rings is 1. The SMILES string of the molecule is O=S(=O)(c1ccc(-c2ccon2)s1)N(c1ccccc1)c1nccs1. The molecule has 0 bridgehead atoms. The van der Waals surface area contributed by atoms with E-state index in [2.05, 4.69) is 10.1 Å². The molecule has 0 N–H and O–H groups in total. The largest absolute Gasteiger partial charge is 0.364 e. The molecule has 0 fully saturated rings. The van der Waals surface area contributed by atoms with E-state index >= 15 is 0 Å². The fourth-order valence-corrected chi connectivity index (χ4v) is 5.93. The number of hydrogen-bond donors (Lipinski definition) is 0. The van der Waals surface area contributed by atoms with Crippen LogP contribution >= 0.6 is 22.7 Å². The molecular weight excluding hydrogens is 378 g/mol. The molecule has 0 saturated heterocycles. The van der Waals surface area contributed by atoms with Gasteiger partial charge in [-0.3, -0.25) is 0 Å². The van der Waals surface area contributed by atoms with E-state index < -0.39 is 10.0 Å². The van der Waals surface area contributed by atoms with E-state index in [0.29, 0.717) is 16.5 Å². The maximum Gasteiger partial charge on any atom is 0.280 e. The van der Waals surface area contributed by atoms with Crippen molar-refractivity contribution >= 4 is 43.5 Å². The van der Waals surface area contributed by atoms with E-state index in [9.17, 15) is 8.42 Å². The fourth-order valence-electron chi connectivity index (χ4n) is 2.26. The summed E-state index contributed by atoms with van der Waals surface area (Å²) >= 11 is 2.41. The second-order valence-electron chi connectivity index (χ2n) is 4.92. The molecule has 0 aliphatic carbocycles. The van der Waals surface area contributed by atoms with Crippen molar-refractivity contribution in [1.29, 1.82) is 0 Å². The lowest BCUT2D eigenvalue weighted by atomic mass is 10.3. The highest BCUT2D eigenvalue weighted by Crippen LogP contribution is 2.37. The maximum absolute atomic E-state index is 13.3. The van der Waals surface area contributed by atoms with Gasteiger partial charge in [0.25, 0.3) is 10.0 Å². The lowest BCUT2D eigenvalue weighted by Gasteiger charge is -2.20. The molecule has 1 aromatic carbocycles. The summed E-state index contributed by atoms with van der Waals surface area (Å²) in [5.74, 6) is 0. The van der Waals surface area contributed by atoms with Crippen LogP contribution in [0.2, 0.25) is 0 Å². The number of anilines is 2. The predicted octanol–water partition coefficient (Wildman–Crippen LogP) is 4.39. The van der Waals surface area contributed by atoms with Crippen molar-refractivity contribution in [2.75, 3.05) is 4.31 Å². The van der Waals surface area contributed by atoms with E-state index in [0.717, 1.165) is 16.2 Å². The van der Waals surface area contributed by atoms with E-state index in [1.165, 1.54) is 21.9 Å². The summed E-state index contributed by atoms with van der Waals surface area (Å²) in [5, 5.41) is 5.99. The molecule has 25 heavy (non-hydrogen) atoms. The van der Waals surface area contributed by atoms with Crippen LogP contribution in [-0.4, -0.2) is 18.6 Å². The van der Waals surface area contributed by atoms with Crippen LogP contribution in [0.3, 0.4) is 0 Å². The molecule has 9 heteroatoms. The monoisotopic (exact) mass is 389 g/mol. The van der Waals surface area contributed by atoms with E-state index in [1.807, 2.05) is 6.07 Å². The van der Waals surface area contributed by atoms with Gasteiger partial charge in [-0.25, -0.2) is 9.29 Å². The molecule has 0 amide bonds. The Balaban J connectivity index is 1.81. The number of thiophene rings is 1. The number of aromatic nitrogens is 2. The summed E-state index contributed by atoms with van der Waals surface area (Å²) in [4.78, 5) is 4.91. The zero-order valence-corrected chi connectivity index (χ0v) is 15.1. The third kappa shape index (κ3) is 2.97. The number of nitrogens with zero attached hydrogens (tertiary/aromatic N) is 3. The fraction of sp³-hybridized carbons (Fsp3) is 0. The minimum absolute atomic E-state index is 0.213. The van der Waals surface area contributed by atoms with Crippen LogP contribution in [0.5, 0.6) is 0 Å². The van der Waals surface area contributed by atoms with Crippen molar-refractivity contribution in [3.05, 3.63) is 66.4 Å². The molecule has 0 aliphatic heterocycles. The molecular formula is C16H11N3O3S3. The Kier molecular flexibility index (Phi) is 4.12. The molecule has 3 heterocycles. The Morgan fingerprint density at radius 1 is 1.04 bits per heavy atom. The van der Waals surface area contributed by atoms with Crippen molar-refractivity contribution in [2.45, 2.75) is 4.21 Å². The first-order valence-electron chi connectivity index (χ1n) is 7.17. The lowest BCUT2D eigenvalue weighted by Crippen LogP contribution is -2.25. The van der Waals surface area contributed by atoms with Gasteiger partial charge in [0.2, 0.25) is 5.13 Å². The predicted molar refractivity (Wildman–Crippen MR) is 97.7 cm³/mol. The number of sulfonamides is 1. The van der Waals surface area contributed by atoms with Crippen molar-refractivity contribution in [1.82, 2.24) is 10.1 Å². The van der Waals surface area contributed by atoms with Crippen LogP contribution in [0, 0.1) is 0 Å². The molecule has 0 aliphatic rings. The van der Waals surface area contributed by atoms with Gasteiger partial charge in [-0.15, -0.1) is 22.7 Å². The van der Waals surface area contributed by atoms with Gasteiger partial charge in [0.1, 0.15) is 16.2 Å². The van der Waals surface area contributed by atoms with Gasteiger partial charge >= 0.3 is 0 Å². The van der Waals surface area contributed by atoms with Crippen LogP contribution in [0.1, 0.15) is 0 Å². The highest BCUT2D eigenvalue weighted by molar-refractivity contribution is 7.95. The summed E-state index contributed by atoms with van der Waals surface area (Å²) in [6.45, 7) is 0. The van der Waals surface area contributed by atoms with Crippen molar-refractivity contribution in [3.8, 4) is 10.6 Å².